The van der Waals surface area contributed by atoms with E-state index in [2.05, 4.69) is 25.3 Å². The summed E-state index contributed by atoms with van der Waals surface area (Å²) in [5.74, 6) is -0.349. The van der Waals surface area contributed by atoms with Crippen molar-refractivity contribution >= 4 is 22.1 Å². The van der Waals surface area contributed by atoms with Gasteiger partial charge in [0.1, 0.15) is 17.1 Å². The third-order valence-electron chi connectivity index (χ3n) is 5.14. The van der Waals surface area contributed by atoms with Crippen LogP contribution in [0, 0.1) is 11.6 Å². The van der Waals surface area contributed by atoms with E-state index in [1.54, 1.807) is 6.20 Å². The van der Waals surface area contributed by atoms with Crippen molar-refractivity contribution in [3.8, 4) is 11.4 Å². The van der Waals surface area contributed by atoms with Gasteiger partial charge < -0.3 is 14.9 Å². The highest BCUT2D eigenvalue weighted by Gasteiger charge is 2.18. The quantitative estimate of drug-likeness (QED) is 0.581. The van der Waals surface area contributed by atoms with Crippen LogP contribution in [-0.4, -0.2) is 37.1 Å². The van der Waals surface area contributed by atoms with Crippen LogP contribution in [0.4, 0.5) is 8.78 Å². The van der Waals surface area contributed by atoms with Crippen LogP contribution < -0.4 is 5.32 Å². The molecule has 1 saturated heterocycles. The summed E-state index contributed by atoms with van der Waals surface area (Å²) in [6, 6.07) is 1.70. The minimum Gasteiger partial charge on any atom is -0.345 e. The first-order chi connectivity index (χ1) is 13.2. The zero-order valence-electron chi connectivity index (χ0n) is 14.5. The van der Waals surface area contributed by atoms with Gasteiger partial charge in [-0.3, -0.25) is 0 Å². The Hall–Kier alpha value is -2.87. The maximum Gasteiger partial charge on any atom is 0.163 e. The molecule has 5 rings (SSSR count). The molecule has 6 nitrogen and oxygen atoms in total. The van der Waals surface area contributed by atoms with Crippen molar-refractivity contribution in [2.75, 3.05) is 6.54 Å². The zero-order chi connectivity index (χ0) is 18.4. The highest BCUT2D eigenvalue weighted by atomic mass is 19.1. The Morgan fingerprint density at radius 3 is 2.93 bits per heavy atom. The number of fused-ring (bicyclic) bond motifs is 2. The van der Waals surface area contributed by atoms with Gasteiger partial charge in [-0.05, 0) is 25.5 Å². The summed E-state index contributed by atoms with van der Waals surface area (Å²) in [5, 5.41) is 4.46. The van der Waals surface area contributed by atoms with E-state index in [0.29, 0.717) is 46.0 Å². The number of hydrogen-bond donors (Lipinski definition) is 2. The van der Waals surface area contributed by atoms with Gasteiger partial charge in [-0.2, -0.15) is 0 Å². The number of aromatic nitrogens is 5. The van der Waals surface area contributed by atoms with Gasteiger partial charge in [0.25, 0.3) is 0 Å². The molecule has 2 N–H and O–H groups in total. The molecule has 4 aromatic rings. The summed E-state index contributed by atoms with van der Waals surface area (Å²) in [6.45, 7) is 1.64. The van der Waals surface area contributed by atoms with E-state index in [0.717, 1.165) is 19.2 Å². The van der Waals surface area contributed by atoms with Crippen molar-refractivity contribution in [2.24, 2.45) is 0 Å². The van der Waals surface area contributed by atoms with Crippen molar-refractivity contribution in [1.82, 2.24) is 29.8 Å². The number of piperidine rings is 1. The standard InChI is InChI=1S/C19H18F2N6/c20-11-5-13-14(7-24-17(13)23-6-11)18-25-8-15-16(21)10-27(19(15)26-18)9-12-3-1-2-4-22-12/h5-8,10,12,22H,1-4,9H2,(H,23,24). The Balaban J connectivity index is 1.59. The van der Waals surface area contributed by atoms with Gasteiger partial charge >= 0.3 is 0 Å². The molecule has 138 valence electrons. The van der Waals surface area contributed by atoms with Crippen molar-refractivity contribution in [1.29, 1.82) is 0 Å². The molecule has 0 bridgehead atoms. The van der Waals surface area contributed by atoms with Crippen LogP contribution in [0.3, 0.4) is 0 Å². The largest absolute Gasteiger partial charge is 0.345 e. The molecule has 1 aliphatic rings. The number of nitrogens with zero attached hydrogens (tertiary/aromatic N) is 4. The second-order valence-electron chi connectivity index (χ2n) is 6.96. The lowest BCUT2D eigenvalue weighted by molar-refractivity contribution is 0.365. The second-order valence-corrected chi connectivity index (χ2v) is 6.96. The summed E-state index contributed by atoms with van der Waals surface area (Å²) in [4.78, 5) is 15.9. The van der Waals surface area contributed by atoms with Crippen LogP contribution in [0.5, 0.6) is 0 Å². The number of hydrogen-bond acceptors (Lipinski definition) is 4. The smallest absolute Gasteiger partial charge is 0.163 e. The summed E-state index contributed by atoms with van der Waals surface area (Å²) >= 11 is 0. The summed E-state index contributed by atoms with van der Waals surface area (Å²) in [7, 11) is 0. The summed E-state index contributed by atoms with van der Waals surface area (Å²) in [6.07, 6.45) is 9.24. The minimum absolute atomic E-state index is 0.304. The van der Waals surface area contributed by atoms with Crippen LogP contribution in [0.1, 0.15) is 19.3 Å². The van der Waals surface area contributed by atoms with Crippen molar-refractivity contribution < 1.29 is 8.78 Å². The number of rotatable bonds is 3. The second kappa shape index (κ2) is 6.38. The van der Waals surface area contributed by atoms with Crippen molar-refractivity contribution in [3.05, 3.63) is 42.5 Å². The molecule has 1 unspecified atom stereocenters. The van der Waals surface area contributed by atoms with Gasteiger partial charge in [-0.25, -0.2) is 23.7 Å². The molecule has 1 aliphatic heterocycles. The van der Waals surface area contributed by atoms with Gasteiger partial charge in [-0.15, -0.1) is 0 Å². The molecule has 0 spiro atoms. The van der Waals surface area contributed by atoms with Gasteiger partial charge in [0.05, 0.1) is 11.6 Å². The van der Waals surface area contributed by atoms with Gasteiger partial charge in [0, 0.05) is 42.1 Å². The third kappa shape index (κ3) is 2.86. The topological polar surface area (TPSA) is 71.4 Å². The number of nitrogens with one attached hydrogen (secondary N) is 2. The average molecular weight is 368 g/mol. The first-order valence-corrected chi connectivity index (χ1v) is 9.07. The lowest BCUT2D eigenvalue weighted by atomic mass is 10.1. The van der Waals surface area contributed by atoms with Gasteiger partial charge in [0.2, 0.25) is 0 Å². The molecule has 27 heavy (non-hydrogen) atoms. The lowest BCUT2D eigenvalue weighted by Crippen LogP contribution is -2.37. The first-order valence-electron chi connectivity index (χ1n) is 9.07. The van der Waals surface area contributed by atoms with Gasteiger partial charge in [0.15, 0.2) is 11.6 Å². The first kappa shape index (κ1) is 16.3. The Morgan fingerprint density at radius 1 is 1.15 bits per heavy atom. The normalized spacial score (nSPS) is 17.8. The van der Waals surface area contributed by atoms with E-state index in [9.17, 15) is 8.78 Å². The Morgan fingerprint density at radius 2 is 2.07 bits per heavy atom. The Bertz CT molecular complexity index is 1130. The summed E-state index contributed by atoms with van der Waals surface area (Å²) < 4.78 is 29.8. The number of pyridine rings is 1. The van der Waals surface area contributed by atoms with E-state index >= 15 is 0 Å². The Kier molecular flexibility index (Phi) is 3.86. The van der Waals surface area contributed by atoms with E-state index < -0.39 is 5.82 Å². The highest BCUT2D eigenvalue weighted by molar-refractivity contribution is 5.92. The van der Waals surface area contributed by atoms with Crippen LogP contribution in [-0.2, 0) is 6.54 Å². The molecule has 5 heterocycles. The number of aromatic amines is 1. The molecule has 4 aromatic heterocycles. The van der Waals surface area contributed by atoms with Crippen molar-refractivity contribution in [2.45, 2.75) is 31.8 Å². The van der Waals surface area contributed by atoms with E-state index in [4.69, 9.17) is 0 Å². The molecule has 1 atom stereocenters. The van der Waals surface area contributed by atoms with Crippen molar-refractivity contribution in [3.63, 3.8) is 0 Å². The summed E-state index contributed by atoms with van der Waals surface area (Å²) in [5.41, 5.74) is 1.74. The minimum atomic E-state index is -0.428. The number of H-pyrrole nitrogens is 1. The monoisotopic (exact) mass is 368 g/mol. The molecule has 8 heteroatoms. The highest BCUT2D eigenvalue weighted by Crippen LogP contribution is 2.28. The van der Waals surface area contributed by atoms with E-state index in [-0.39, 0.29) is 5.82 Å². The zero-order valence-corrected chi connectivity index (χ0v) is 14.5. The fourth-order valence-corrected chi connectivity index (χ4v) is 3.78. The maximum atomic E-state index is 14.4. The Labute approximate surface area is 153 Å². The SMILES string of the molecule is Fc1cnc2[nH]cc(-c3ncc4c(F)cn(CC5CCCCN5)c4n3)c2c1. The molecule has 1 fully saturated rings. The van der Waals surface area contributed by atoms with Crippen LogP contribution in [0.2, 0.25) is 0 Å². The van der Waals surface area contributed by atoms with Gasteiger partial charge in [-0.1, -0.05) is 6.42 Å². The fourth-order valence-electron chi connectivity index (χ4n) is 3.78. The maximum absolute atomic E-state index is 14.4. The predicted molar refractivity (Wildman–Crippen MR) is 98.2 cm³/mol. The number of halogens is 2. The molecular formula is C19H18F2N6. The molecule has 0 saturated carbocycles. The van der Waals surface area contributed by atoms with Crippen LogP contribution in [0.25, 0.3) is 33.5 Å². The average Bonchev–Trinajstić information content (AvgIpc) is 3.23. The molecule has 0 aliphatic carbocycles. The van der Waals surface area contributed by atoms with E-state index in [1.165, 1.54) is 31.3 Å². The van der Waals surface area contributed by atoms with Crippen LogP contribution >= 0.6 is 0 Å². The predicted octanol–water partition coefficient (Wildman–Crippen LogP) is 3.39. The fraction of sp³-hybridized carbons (Fsp3) is 0.316. The molecule has 0 radical (unpaired) electrons. The lowest BCUT2D eigenvalue weighted by Gasteiger charge is -2.24. The molecule has 0 aromatic carbocycles. The molecular weight excluding hydrogens is 350 g/mol. The van der Waals surface area contributed by atoms with Crippen LogP contribution in [0.15, 0.2) is 30.9 Å². The third-order valence-corrected chi connectivity index (χ3v) is 5.14. The van der Waals surface area contributed by atoms with E-state index in [1.807, 2.05) is 4.57 Å². The molecule has 0 amide bonds.